The average molecular weight is 446 g/mol. The van der Waals surface area contributed by atoms with Crippen LogP contribution < -0.4 is 25.4 Å². The van der Waals surface area contributed by atoms with Crippen LogP contribution in [0.2, 0.25) is 0 Å². The fourth-order valence-corrected chi connectivity index (χ4v) is 3.73. The molecule has 0 aliphatic carbocycles. The maximum atomic E-state index is 12.8. The lowest BCUT2D eigenvalue weighted by Gasteiger charge is -2.25. The van der Waals surface area contributed by atoms with Gasteiger partial charge in [0.05, 0.1) is 12.5 Å². The van der Waals surface area contributed by atoms with Gasteiger partial charge < -0.3 is 25.4 Å². The predicted octanol–water partition coefficient (Wildman–Crippen LogP) is 4.60. The zero-order valence-electron chi connectivity index (χ0n) is 18.5. The lowest BCUT2D eigenvalue weighted by atomic mass is 9.95. The van der Waals surface area contributed by atoms with E-state index in [1.807, 2.05) is 73.7 Å². The van der Waals surface area contributed by atoms with Gasteiger partial charge in [-0.15, -0.1) is 0 Å². The molecule has 170 valence electrons. The highest BCUT2D eigenvalue weighted by molar-refractivity contribution is 5.99. The molecule has 0 saturated heterocycles. The van der Waals surface area contributed by atoms with Gasteiger partial charge in [0.15, 0.2) is 0 Å². The first kappa shape index (κ1) is 22.2. The summed E-state index contributed by atoms with van der Waals surface area (Å²) in [7, 11) is 0. The van der Waals surface area contributed by atoms with E-state index >= 15 is 0 Å². The van der Waals surface area contributed by atoms with Gasteiger partial charge in [-0.05, 0) is 55.3 Å². The number of urea groups is 1. The van der Waals surface area contributed by atoms with Crippen LogP contribution in [0.5, 0.6) is 11.5 Å². The molecule has 0 saturated carbocycles. The third kappa shape index (κ3) is 5.83. The molecule has 0 unspecified atom stereocenters. The summed E-state index contributed by atoms with van der Waals surface area (Å²) < 4.78 is 11.4. The van der Waals surface area contributed by atoms with Crippen molar-refractivity contribution in [3.8, 4) is 11.5 Å². The first-order valence-electron chi connectivity index (χ1n) is 11.0. The number of benzene rings is 3. The van der Waals surface area contributed by atoms with E-state index in [0.29, 0.717) is 37.6 Å². The SMILES string of the molecule is CCOc1ccccc1CNC(=O)[C@@H]1COc2ccc(NC(=O)Nc3ccccc3)cc2C1. The van der Waals surface area contributed by atoms with Crippen molar-refractivity contribution in [3.05, 3.63) is 83.9 Å². The third-order valence-electron chi connectivity index (χ3n) is 5.35. The topological polar surface area (TPSA) is 88.7 Å². The molecule has 3 aromatic rings. The van der Waals surface area contributed by atoms with Crippen LogP contribution in [0.15, 0.2) is 72.8 Å². The maximum absolute atomic E-state index is 12.8. The zero-order valence-corrected chi connectivity index (χ0v) is 18.5. The number of carbonyl (C=O) groups excluding carboxylic acids is 2. The number of carbonyl (C=O) groups is 2. The number of ether oxygens (including phenoxy) is 2. The number of rotatable bonds is 7. The Morgan fingerprint density at radius 3 is 2.55 bits per heavy atom. The van der Waals surface area contributed by atoms with Crippen molar-refractivity contribution in [2.24, 2.45) is 5.92 Å². The van der Waals surface area contributed by atoms with E-state index in [-0.39, 0.29) is 17.9 Å². The van der Waals surface area contributed by atoms with Crippen molar-refractivity contribution >= 4 is 23.3 Å². The van der Waals surface area contributed by atoms with E-state index in [0.717, 1.165) is 22.6 Å². The summed E-state index contributed by atoms with van der Waals surface area (Å²) in [4.78, 5) is 25.1. The predicted molar refractivity (Wildman–Crippen MR) is 128 cm³/mol. The van der Waals surface area contributed by atoms with Crippen LogP contribution >= 0.6 is 0 Å². The first-order valence-corrected chi connectivity index (χ1v) is 11.0. The molecule has 1 aliphatic heterocycles. The second kappa shape index (κ2) is 10.5. The van der Waals surface area contributed by atoms with Crippen molar-refractivity contribution in [2.75, 3.05) is 23.8 Å². The molecule has 33 heavy (non-hydrogen) atoms. The van der Waals surface area contributed by atoms with Crippen LogP contribution in [-0.2, 0) is 17.8 Å². The van der Waals surface area contributed by atoms with E-state index in [4.69, 9.17) is 9.47 Å². The van der Waals surface area contributed by atoms with Crippen LogP contribution in [-0.4, -0.2) is 25.2 Å². The zero-order chi connectivity index (χ0) is 23.0. The second-order valence-electron chi connectivity index (χ2n) is 7.74. The van der Waals surface area contributed by atoms with Gasteiger partial charge in [0.25, 0.3) is 0 Å². The number of hydrogen-bond donors (Lipinski definition) is 3. The molecule has 3 amide bonds. The van der Waals surface area contributed by atoms with Gasteiger partial charge in [-0.3, -0.25) is 4.79 Å². The molecule has 4 rings (SSSR count). The summed E-state index contributed by atoms with van der Waals surface area (Å²) >= 11 is 0. The molecule has 7 heteroatoms. The minimum Gasteiger partial charge on any atom is -0.494 e. The molecule has 0 bridgehead atoms. The Labute approximate surface area is 193 Å². The minimum atomic E-state index is -0.333. The Hall–Kier alpha value is -4.00. The van der Waals surface area contributed by atoms with Gasteiger partial charge in [-0.1, -0.05) is 36.4 Å². The van der Waals surface area contributed by atoms with Gasteiger partial charge in [-0.2, -0.15) is 0 Å². The van der Waals surface area contributed by atoms with Crippen molar-refractivity contribution in [2.45, 2.75) is 19.9 Å². The molecule has 3 N–H and O–H groups in total. The first-order chi connectivity index (χ1) is 16.1. The van der Waals surface area contributed by atoms with Crippen molar-refractivity contribution < 1.29 is 19.1 Å². The Morgan fingerprint density at radius 2 is 1.73 bits per heavy atom. The standard InChI is InChI=1S/C26H27N3O4/c1-2-32-23-11-7-6-8-18(23)16-27-25(30)20-14-19-15-22(12-13-24(19)33-17-20)29-26(31)28-21-9-4-3-5-10-21/h3-13,15,20H,2,14,16-17H2,1H3,(H,27,30)(H2,28,29,31)/t20-/m0/s1. The van der Waals surface area contributed by atoms with Crippen LogP contribution in [0.1, 0.15) is 18.1 Å². The van der Waals surface area contributed by atoms with E-state index < -0.39 is 0 Å². The average Bonchev–Trinajstić information content (AvgIpc) is 2.83. The molecule has 0 spiro atoms. The number of anilines is 2. The maximum Gasteiger partial charge on any atom is 0.323 e. The Bertz CT molecular complexity index is 1120. The summed E-state index contributed by atoms with van der Waals surface area (Å²) in [5, 5.41) is 8.61. The monoisotopic (exact) mass is 445 g/mol. The van der Waals surface area contributed by atoms with E-state index in [2.05, 4.69) is 16.0 Å². The van der Waals surface area contributed by atoms with Gasteiger partial charge in [0.2, 0.25) is 5.91 Å². The summed E-state index contributed by atoms with van der Waals surface area (Å²) in [6.07, 6.45) is 0.532. The molecule has 0 fully saturated rings. The smallest absolute Gasteiger partial charge is 0.323 e. The lowest BCUT2D eigenvalue weighted by molar-refractivity contribution is -0.126. The Morgan fingerprint density at radius 1 is 0.970 bits per heavy atom. The van der Waals surface area contributed by atoms with Gasteiger partial charge >= 0.3 is 6.03 Å². The number of nitrogens with one attached hydrogen (secondary N) is 3. The molecule has 1 aliphatic rings. The van der Waals surface area contributed by atoms with Gasteiger partial charge in [0.1, 0.15) is 18.1 Å². The quantitative estimate of drug-likeness (QED) is 0.496. The highest BCUT2D eigenvalue weighted by atomic mass is 16.5. The second-order valence-corrected chi connectivity index (χ2v) is 7.74. The molecule has 0 aromatic heterocycles. The summed E-state index contributed by atoms with van der Waals surface area (Å²) in [5.41, 5.74) is 3.16. The molecular formula is C26H27N3O4. The Kier molecular flexibility index (Phi) is 7.09. The van der Waals surface area contributed by atoms with E-state index in [1.165, 1.54) is 0 Å². The molecule has 7 nitrogen and oxygen atoms in total. The number of amides is 3. The molecular weight excluding hydrogens is 418 g/mol. The van der Waals surface area contributed by atoms with Crippen molar-refractivity contribution in [1.29, 1.82) is 0 Å². The summed E-state index contributed by atoms with van der Waals surface area (Å²) in [6, 6.07) is 22.0. The molecule has 0 radical (unpaired) electrons. The van der Waals surface area contributed by atoms with E-state index in [9.17, 15) is 9.59 Å². The summed E-state index contributed by atoms with van der Waals surface area (Å²) in [5.74, 6) is 1.11. The molecule has 1 heterocycles. The number of para-hydroxylation sites is 2. The van der Waals surface area contributed by atoms with Crippen LogP contribution in [0, 0.1) is 5.92 Å². The molecule has 1 atom stereocenters. The highest BCUT2D eigenvalue weighted by Crippen LogP contribution is 2.30. The van der Waals surface area contributed by atoms with Crippen LogP contribution in [0.4, 0.5) is 16.2 Å². The molecule has 3 aromatic carbocycles. The van der Waals surface area contributed by atoms with Crippen molar-refractivity contribution in [1.82, 2.24) is 5.32 Å². The van der Waals surface area contributed by atoms with Gasteiger partial charge in [0, 0.05) is 23.5 Å². The van der Waals surface area contributed by atoms with Gasteiger partial charge in [-0.25, -0.2) is 4.79 Å². The van der Waals surface area contributed by atoms with E-state index in [1.54, 1.807) is 6.07 Å². The summed E-state index contributed by atoms with van der Waals surface area (Å²) in [6.45, 7) is 3.20. The fourth-order valence-electron chi connectivity index (χ4n) is 3.73. The van der Waals surface area contributed by atoms with Crippen LogP contribution in [0.25, 0.3) is 0 Å². The highest BCUT2D eigenvalue weighted by Gasteiger charge is 2.26. The number of hydrogen-bond acceptors (Lipinski definition) is 4. The number of fused-ring (bicyclic) bond motifs is 1. The fraction of sp³-hybridized carbons (Fsp3) is 0.231. The van der Waals surface area contributed by atoms with Crippen molar-refractivity contribution in [3.63, 3.8) is 0 Å². The third-order valence-corrected chi connectivity index (χ3v) is 5.35. The normalized spacial score (nSPS) is 14.4. The lowest BCUT2D eigenvalue weighted by Crippen LogP contribution is -2.37. The van der Waals surface area contributed by atoms with Crippen LogP contribution in [0.3, 0.4) is 0 Å². The largest absolute Gasteiger partial charge is 0.494 e. The Balaban J connectivity index is 1.35. The minimum absolute atomic E-state index is 0.0767.